The van der Waals surface area contributed by atoms with E-state index in [-0.39, 0.29) is 17.6 Å². The monoisotopic (exact) mass is 328 g/mol. The Kier molecular flexibility index (Phi) is 4.18. The Morgan fingerprint density at radius 2 is 1.74 bits per heavy atom. The van der Waals surface area contributed by atoms with Crippen molar-refractivity contribution in [1.29, 1.82) is 0 Å². The predicted molar refractivity (Wildman–Crippen MR) is 72.6 cm³/mol. The van der Waals surface area contributed by atoms with Gasteiger partial charge in [0, 0.05) is 5.56 Å². The van der Waals surface area contributed by atoms with Crippen molar-refractivity contribution in [3.8, 4) is 5.75 Å². The fraction of sp³-hybridized carbons (Fsp3) is 0.200. The van der Waals surface area contributed by atoms with Gasteiger partial charge in [0.05, 0.1) is 0 Å². The number of alkyl halides is 3. The lowest BCUT2D eigenvalue weighted by Crippen LogP contribution is -2.38. The average molecular weight is 328 g/mol. The first kappa shape index (κ1) is 16.6. The van der Waals surface area contributed by atoms with Crippen LogP contribution in [0.1, 0.15) is 12.0 Å². The van der Waals surface area contributed by atoms with Gasteiger partial charge in [-0.05, 0) is 18.1 Å². The first-order valence-electron chi connectivity index (χ1n) is 6.37. The molecule has 0 saturated heterocycles. The summed E-state index contributed by atoms with van der Waals surface area (Å²) < 4.78 is 41.2. The molecule has 2 rings (SSSR count). The molecular weight excluding hydrogens is 317 g/mol. The van der Waals surface area contributed by atoms with Crippen molar-refractivity contribution >= 4 is 17.5 Å². The van der Waals surface area contributed by atoms with Gasteiger partial charge in [-0.15, -0.1) is 13.2 Å². The number of allylic oxidation sites excluding steroid dienone is 3. The van der Waals surface area contributed by atoms with Crippen LogP contribution in [0.5, 0.6) is 5.75 Å². The molecule has 0 radical (unpaired) electrons. The first-order chi connectivity index (χ1) is 10.7. The second-order valence-corrected chi connectivity index (χ2v) is 4.82. The molecular formula is C15H11F3O5. The van der Waals surface area contributed by atoms with E-state index in [0.29, 0.717) is 0 Å². The molecule has 1 aliphatic carbocycles. The van der Waals surface area contributed by atoms with Crippen LogP contribution in [0.4, 0.5) is 13.2 Å². The zero-order chi connectivity index (χ0) is 17.3. The fourth-order valence-corrected chi connectivity index (χ4v) is 2.17. The number of carboxylic acid groups (broad SMARTS) is 2. The minimum Gasteiger partial charge on any atom is -0.480 e. The highest BCUT2D eigenvalue weighted by Crippen LogP contribution is 2.37. The lowest BCUT2D eigenvalue weighted by molar-refractivity contribution is -0.274. The van der Waals surface area contributed by atoms with Gasteiger partial charge >= 0.3 is 18.3 Å². The van der Waals surface area contributed by atoms with Crippen molar-refractivity contribution in [2.75, 3.05) is 0 Å². The van der Waals surface area contributed by atoms with E-state index in [0.717, 1.165) is 12.1 Å². The maximum atomic E-state index is 12.4. The summed E-state index contributed by atoms with van der Waals surface area (Å²) in [5.41, 5.74) is -1.78. The highest BCUT2D eigenvalue weighted by atomic mass is 19.4. The molecule has 1 aliphatic rings. The molecule has 8 heteroatoms. The van der Waals surface area contributed by atoms with E-state index in [1.54, 1.807) is 0 Å². The summed E-state index contributed by atoms with van der Waals surface area (Å²) in [6.45, 7) is 0. The Balaban J connectivity index is 2.37. The zero-order valence-electron chi connectivity index (χ0n) is 11.5. The van der Waals surface area contributed by atoms with Gasteiger partial charge < -0.3 is 14.9 Å². The molecule has 0 saturated carbocycles. The minimum atomic E-state index is -4.87. The van der Waals surface area contributed by atoms with Gasteiger partial charge in [0.1, 0.15) is 5.75 Å². The largest absolute Gasteiger partial charge is 0.573 e. The summed E-state index contributed by atoms with van der Waals surface area (Å²) in [6.07, 6.45) is -1.87. The minimum absolute atomic E-state index is 0.0884. The number of hydrogen-bond donors (Lipinski definition) is 2. The number of carboxylic acids is 2. The van der Waals surface area contributed by atoms with Gasteiger partial charge in [0.25, 0.3) is 0 Å². The third kappa shape index (κ3) is 3.36. The highest BCUT2D eigenvalue weighted by Gasteiger charge is 2.44. The van der Waals surface area contributed by atoms with Crippen molar-refractivity contribution in [3.05, 3.63) is 48.1 Å². The Morgan fingerprint density at radius 3 is 2.22 bits per heavy atom. The molecule has 5 nitrogen and oxygen atoms in total. The number of ether oxygens (including phenoxy) is 1. The van der Waals surface area contributed by atoms with E-state index in [1.165, 1.54) is 30.4 Å². The van der Waals surface area contributed by atoms with Gasteiger partial charge in [0.2, 0.25) is 0 Å². The molecule has 1 aromatic carbocycles. The van der Waals surface area contributed by atoms with Crippen molar-refractivity contribution in [3.63, 3.8) is 0 Å². The van der Waals surface area contributed by atoms with Crippen LogP contribution in [-0.2, 0) is 9.59 Å². The average Bonchev–Trinajstić information content (AvgIpc) is 2.46. The maximum absolute atomic E-state index is 12.4. The summed E-state index contributed by atoms with van der Waals surface area (Å²) in [5, 5.41) is 18.2. The molecule has 0 fully saturated rings. The lowest BCUT2D eigenvalue weighted by Gasteiger charge is -2.24. The standard InChI is InChI=1S/C15H11F3O5/c16-15(17,18)23-11-4-2-1-3-10(11)9-5-7-14(8-6-9,12(19)20)13(21)22/h1-7H,8H2,(H,19,20)(H,21,22). The Morgan fingerprint density at radius 1 is 1.13 bits per heavy atom. The number of benzene rings is 1. The molecule has 0 aromatic heterocycles. The Hall–Kier alpha value is -2.77. The van der Waals surface area contributed by atoms with Crippen LogP contribution in [0.3, 0.4) is 0 Å². The molecule has 1 aromatic rings. The van der Waals surface area contributed by atoms with Crippen LogP contribution in [0.15, 0.2) is 42.5 Å². The van der Waals surface area contributed by atoms with Crippen LogP contribution >= 0.6 is 0 Å². The molecule has 0 bridgehead atoms. The van der Waals surface area contributed by atoms with E-state index in [4.69, 9.17) is 10.2 Å². The molecule has 0 unspecified atom stereocenters. The number of para-hydroxylation sites is 1. The third-order valence-corrected chi connectivity index (χ3v) is 3.38. The second kappa shape index (κ2) is 5.79. The highest BCUT2D eigenvalue weighted by molar-refractivity contribution is 6.02. The molecule has 0 spiro atoms. The van der Waals surface area contributed by atoms with Gasteiger partial charge in [-0.3, -0.25) is 9.59 Å². The topological polar surface area (TPSA) is 83.8 Å². The van der Waals surface area contributed by atoms with Crippen molar-refractivity contribution in [2.24, 2.45) is 5.41 Å². The van der Waals surface area contributed by atoms with E-state index >= 15 is 0 Å². The number of hydrogen-bond acceptors (Lipinski definition) is 3. The van der Waals surface area contributed by atoms with Crippen LogP contribution in [-0.4, -0.2) is 28.5 Å². The number of halogens is 3. The number of carbonyl (C=O) groups is 2. The molecule has 122 valence electrons. The summed E-state index contributed by atoms with van der Waals surface area (Å²) in [7, 11) is 0. The normalized spacial score (nSPS) is 16.6. The van der Waals surface area contributed by atoms with Gasteiger partial charge in [-0.1, -0.05) is 36.4 Å². The Labute approximate surface area is 128 Å². The predicted octanol–water partition coefficient (Wildman–Crippen LogP) is 3.08. The van der Waals surface area contributed by atoms with Crippen LogP contribution in [0, 0.1) is 5.41 Å². The van der Waals surface area contributed by atoms with Crippen LogP contribution in [0.25, 0.3) is 5.57 Å². The van der Waals surface area contributed by atoms with E-state index in [1.807, 2.05) is 0 Å². The molecule has 0 amide bonds. The number of aliphatic carboxylic acids is 2. The second-order valence-electron chi connectivity index (χ2n) is 4.82. The summed E-state index contributed by atoms with van der Waals surface area (Å²) in [4.78, 5) is 22.4. The third-order valence-electron chi connectivity index (χ3n) is 3.38. The summed E-state index contributed by atoms with van der Waals surface area (Å²) in [5.74, 6) is -3.54. The summed E-state index contributed by atoms with van der Waals surface area (Å²) >= 11 is 0. The molecule has 23 heavy (non-hydrogen) atoms. The van der Waals surface area contributed by atoms with E-state index in [2.05, 4.69) is 4.74 Å². The molecule has 0 atom stereocenters. The van der Waals surface area contributed by atoms with Crippen molar-refractivity contribution < 1.29 is 37.7 Å². The van der Waals surface area contributed by atoms with Gasteiger partial charge in [0.15, 0.2) is 5.41 Å². The molecule has 0 aliphatic heterocycles. The summed E-state index contributed by atoms with van der Waals surface area (Å²) in [6, 6.07) is 5.33. The number of rotatable bonds is 4. The fourth-order valence-electron chi connectivity index (χ4n) is 2.17. The van der Waals surface area contributed by atoms with Crippen molar-refractivity contribution in [1.82, 2.24) is 0 Å². The molecule has 2 N–H and O–H groups in total. The lowest BCUT2D eigenvalue weighted by atomic mass is 9.79. The van der Waals surface area contributed by atoms with E-state index in [9.17, 15) is 22.8 Å². The maximum Gasteiger partial charge on any atom is 0.573 e. The van der Waals surface area contributed by atoms with Crippen LogP contribution in [0.2, 0.25) is 0 Å². The van der Waals surface area contributed by atoms with Crippen LogP contribution < -0.4 is 4.74 Å². The first-order valence-corrected chi connectivity index (χ1v) is 6.37. The molecule has 0 heterocycles. The smallest absolute Gasteiger partial charge is 0.480 e. The zero-order valence-corrected chi connectivity index (χ0v) is 11.5. The van der Waals surface area contributed by atoms with E-state index < -0.39 is 29.5 Å². The Bertz CT molecular complexity index is 689. The van der Waals surface area contributed by atoms with Crippen molar-refractivity contribution in [2.45, 2.75) is 12.8 Å². The quantitative estimate of drug-likeness (QED) is 0.830. The van der Waals surface area contributed by atoms with Gasteiger partial charge in [-0.25, -0.2) is 0 Å². The van der Waals surface area contributed by atoms with Gasteiger partial charge in [-0.2, -0.15) is 0 Å². The SMILES string of the molecule is O=C(O)C1(C(=O)O)C=CC(c2ccccc2OC(F)(F)F)=CC1.